The number of carbonyl (C=O) groups is 3. The molecule has 2 aromatic heterocycles. The number of hydrogen-bond acceptors (Lipinski definition) is 8. The van der Waals surface area contributed by atoms with Gasteiger partial charge in [0.25, 0.3) is 0 Å². The summed E-state index contributed by atoms with van der Waals surface area (Å²) < 4.78 is 19.8. The fourth-order valence-electron chi connectivity index (χ4n) is 4.89. The second-order valence-corrected chi connectivity index (χ2v) is 12.0. The summed E-state index contributed by atoms with van der Waals surface area (Å²) in [6.07, 6.45) is 0. The van der Waals surface area contributed by atoms with Gasteiger partial charge in [0, 0.05) is 21.4 Å². The average Bonchev–Trinajstić information content (AvgIpc) is 3.63. The van der Waals surface area contributed by atoms with E-state index in [1.165, 1.54) is 52.2 Å². The maximum atomic E-state index is 13.8. The summed E-state index contributed by atoms with van der Waals surface area (Å²) in [5.41, 5.74) is 0.847. The first kappa shape index (κ1) is 25.5. The molecule has 2 aromatic carbocycles. The Kier molecular flexibility index (Phi) is 6.61. The number of aromatic nitrogens is 1. The van der Waals surface area contributed by atoms with Crippen LogP contribution >= 0.6 is 34.4 Å². The number of nitrogens with one attached hydrogen (secondary N) is 1. The lowest BCUT2D eigenvalue weighted by Gasteiger charge is -2.29. The van der Waals surface area contributed by atoms with E-state index in [-0.39, 0.29) is 23.2 Å². The number of nitrogens with zero attached hydrogens (tertiary/aromatic N) is 2. The largest absolute Gasteiger partial charge is 0.497 e. The lowest BCUT2D eigenvalue weighted by molar-refractivity contribution is -0.122. The number of methoxy groups -OCH3 is 1. The Morgan fingerprint density at radius 2 is 1.77 bits per heavy atom. The first-order chi connectivity index (χ1) is 18.9. The number of ether oxygens (including phenoxy) is 1. The van der Waals surface area contributed by atoms with Crippen molar-refractivity contribution in [2.75, 3.05) is 17.3 Å². The van der Waals surface area contributed by atoms with Crippen molar-refractivity contribution in [3.63, 3.8) is 0 Å². The highest BCUT2D eigenvalue weighted by molar-refractivity contribution is 8.00. The van der Waals surface area contributed by atoms with Crippen LogP contribution in [0.2, 0.25) is 0 Å². The predicted molar refractivity (Wildman–Crippen MR) is 148 cm³/mol. The minimum absolute atomic E-state index is 0.284. The summed E-state index contributed by atoms with van der Waals surface area (Å²) in [5.74, 6) is -2.18. The van der Waals surface area contributed by atoms with Crippen LogP contribution in [-0.2, 0) is 20.9 Å². The molecule has 0 bridgehead atoms. The van der Waals surface area contributed by atoms with E-state index in [4.69, 9.17) is 4.74 Å². The van der Waals surface area contributed by atoms with Crippen molar-refractivity contribution >= 4 is 63.5 Å². The highest BCUT2D eigenvalue weighted by Gasteiger charge is 2.57. The van der Waals surface area contributed by atoms with Gasteiger partial charge in [-0.05, 0) is 60.0 Å². The second-order valence-electron chi connectivity index (χ2n) is 8.95. The molecule has 1 saturated heterocycles. The van der Waals surface area contributed by atoms with Gasteiger partial charge in [0.1, 0.15) is 23.4 Å². The molecule has 3 amide bonds. The molecule has 6 rings (SSSR count). The van der Waals surface area contributed by atoms with Crippen LogP contribution in [0.5, 0.6) is 5.75 Å². The Bertz CT molecular complexity index is 1630. The third kappa shape index (κ3) is 4.48. The van der Waals surface area contributed by atoms with E-state index in [1.807, 2.05) is 17.5 Å². The molecule has 198 valence electrons. The van der Waals surface area contributed by atoms with Gasteiger partial charge in [-0.1, -0.05) is 29.2 Å². The van der Waals surface area contributed by atoms with Crippen molar-refractivity contribution in [3.05, 3.63) is 91.3 Å². The van der Waals surface area contributed by atoms with Gasteiger partial charge in [-0.3, -0.25) is 23.7 Å². The zero-order chi connectivity index (χ0) is 27.3. The molecule has 1 N–H and O–H groups in total. The van der Waals surface area contributed by atoms with Crippen LogP contribution in [0, 0.1) is 11.7 Å². The molecular weight excluding hydrogens is 562 g/mol. The Morgan fingerprint density at radius 3 is 2.44 bits per heavy atom. The lowest BCUT2D eigenvalue weighted by atomic mass is 9.87. The third-order valence-electron chi connectivity index (χ3n) is 6.66. The molecule has 3 unspecified atom stereocenters. The number of benzene rings is 2. The number of thiophene rings is 1. The van der Waals surface area contributed by atoms with E-state index in [1.54, 1.807) is 24.3 Å². The molecule has 0 radical (unpaired) electrons. The number of thiazole rings is 1. The van der Waals surface area contributed by atoms with Crippen LogP contribution in [0.1, 0.15) is 15.7 Å². The maximum absolute atomic E-state index is 13.8. The van der Waals surface area contributed by atoms with Gasteiger partial charge < -0.3 is 10.1 Å². The summed E-state index contributed by atoms with van der Waals surface area (Å²) in [4.78, 5) is 55.9. The van der Waals surface area contributed by atoms with Gasteiger partial charge in [-0.2, -0.15) is 0 Å². The van der Waals surface area contributed by atoms with Crippen LogP contribution in [0.4, 0.5) is 15.8 Å². The Balaban J connectivity index is 1.36. The molecule has 0 saturated carbocycles. The standard InChI is InChI=1S/C27H20FN3O5S3/c1-36-17-10-8-16(9-11-17)31-24(33)21-20(18-3-2-12-37-18)23-26(38-22(21)25(31)34)30(27(35)39-23)13-19(32)29-15-6-4-14(28)5-7-15/h2-12,20-22H,13H2,1H3,(H,29,32). The molecule has 4 aromatic rings. The number of halogens is 1. The van der Waals surface area contributed by atoms with Crippen LogP contribution in [-0.4, -0.2) is 34.6 Å². The Hall–Kier alpha value is -3.74. The minimum atomic E-state index is -0.764. The number of fused-ring (bicyclic) bond motifs is 2. The predicted octanol–water partition coefficient (Wildman–Crippen LogP) is 4.55. The molecule has 2 aliphatic heterocycles. The first-order valence-electron chi connectivity index (χ1n) is 11.9. The Morgan fingerprint density at radius 1 is 1.03 bits per heavy atom. The van der Waals surface area contributed by atoms with Crippen molar-refractivity contribution in [1.29, 1.82) is 0 Å². The van der Waals surface area contributed by atoms with Crippen molar-refractivity contribution in [2.24, 2.45) is 5.92 Å². The number of thioether (sulfide) groups is 1. The molecular formula is C27H20FN3O5S3. The van der Waals surface area contributed by atoms with Crippen LogP contribution in [0.15, 0.2) is 75.9 Å². The van der Waals surface area contributed by atoms with E-state index < -0.39 is 28.8 Å². The van der Waals surface area contributed by atoms with Crippen molar-refractivity contribution in [3.8, 4) is 5.75 Å². The quantitative estimate of drug-likeness (QED) is 0.336. The number of rotatable bonds is 6. The first-order valence-corrected chi connectivity index (χ1v) is 14.4. The molecule has 8 nitrogen and oxygen atoms in total. The van der Waals surface area contributed by atoms with Gasteiger partial charge in [-0.25, -0.2) is 9.29 Å². The molecule has 2 aliphatic rings. The van der Waals surface area contributed by atoms with Gasteiger partial charge in [0.05, 0.1) is 23.7 Å². The van der Waals surface area contributed by atoms with Gasteiger partial charge >= 0.3 is 4.87 Å². The number of hydrogen-bond donors (Lipinski definition) is 1. The van der Waals surface area contributed by atoms with E-state index in [9.17, 15) is 23.6 Å². The van der Waals surface area contributed by atoms with E-state index >= 15 is 0 Å². The van der Waals surface area contributed by atoms with Crippen LogP contribution < -0.4 is 19.8 Å². The molecule has 0 aliphatic carbocycles. The molecule has 3 atom stereocenters. The SMILES string of the molecule is COc1ccc(N2C(=O)C3Sc4c(sc(=O)n4CC(=O)Nc4ccc(F)cc4)C(c4cccs4)C3C2=O)cc1. The summed E-state index contributed by atoms with van der Waals surface area (Å²) in [6, 6.07) is 15.8. The highest BCUT2D eigenvalue weighted by atomic mass is 32.2. The minimum Gasteiger partial charge on any atom is -0.497 e. The highest BCUT2D eigenvalue weighted by Crippen LogP contribution is 2.54. The topological polar surface area (TPSA) is 97.7 Å². The third-order valence-corrected chi connectivity index (χ3v) is 10.2. The summed E-state index contributed by atoms with van der Waals surface area (Å²) in [7, 11) is 1.54. The Labute approximate surface area is 234 Å². The molecule has 39 heavy (non-hydrogen) atoms. The molecule has 12 heteroatoms. The number of amides is 3. The van der Waals surface area contributed by atoms with E-state index in [0.717, 1.165) is 28.0 Å². The zero-order valence-electron chi connectivity index (χ0n) is 20.3. The summed E-state index contributed by atoms with van der Waals surface area (Å²) in [5, 5.41) is 4.31. The number of anilines is 2. The van der Waals surface area contributed by atoms with Gasteiger partial charge in [0.2, 0.25) is 17.7 Å². The lowest BCUT2D eigenvalue weighted by Crippen LogP contribution is -2.32. The van der Waals surface area contributed by atoms with Gasteiger partial charge in [0.15, 0.2) is 0 Å². The van der Waals surface area contributed by atoms with Crippen LogP contribution in [0.25, 0.3) is 0 Å². The normalized spacial score (nSPS) is 20.1. The molecule has 0 spiro atoms. The average molecular weight is 582 g/mol. The maximum Gasteiger partial charge on any atom is 0.308 e. The molecule has 1 fully saturated rings. The van der Waals surface area contributed by atoms with Crippen molar-refractivity contribution in [1.82, 2.24) is 4.57 Å². The number of carbonyl (C=O) groups excluding carboxylic acids is 3. The second kappa shape index (κ2) is 10.1. The van der Waals surface area contributed by atoms with Crippen LogP contribution in [0.3, 0.4) is 0 Å². The number of imide groups is 1. The fraction of sp³-hybridized carbons (Fsp3) is 0.185. The van der Waals surface area contributed by atoms with Crippen molar-refractivity contribution in [2.45, 2.75) is 22.7 Å². The van der Waals surface area contributed by atoms with Crippen molar-refractivity contribution < 1.29 is 23.5 Å². The van der Waals surface area contributed by atoms with E-state index in [0.29, 0.717) is 27.0 Å². The smallest absolute Gasteiger partial charge is 0.308 e. The monoisotopic (exact) mass is 581 g/mol. The molecule has 4 heterocycles. The van der Waals surface area contributed by atoms with E-state index in [2.05, 4.69) is 5.32 Å². The fourth-order valence-corrected chi connectivity index (χ4v) is 8.61. The zero-order valence-corrected chi connectivity index (χ0v) is 22.8. The summed E-state index contributed by atoms with van der Waals surface area (Å²) >= 11 is 3.61. The summed E-state index contributed by atoms with van der Waals surface area (Å²) in [6.45, 7) is -0.284. The van der Waals surface area contributed by atoms with Gasteiger partial charge in [-0.15, -0.1) is 11.3 Å².